The van der Waals surface area contributed by atoms with Gasteiger partial charge in [0.25, 0.3) is 18.2 Å². The minimum absolute atomic E-state index is 0.00609. The van der Waals surface area contributed by atoms with Crippen molar-refractivity contribution in [1.29, 1.82) is 0 Å². The largest absolute Gasteiger partial charge is 0.443 e. The molecular formula is C21H20ClF3N4O6S. The highest BCUT2D eigenvalue weighted by atomic mass is 35.5. The average Bonchev–Trinajstić information content (AvgIpc) is 3.27. The van der Waals surface area contributed by atoms with Gasteiger partial charge in [0.05, 0.1) is 21.5 Å². The maximum Gasteiger partial charge on any atom is 0.408 e. The highest BCUT2D eigenvalue weighted by Gasteiger charge is 2.26. The van der Waals surface area contributed by atoms with E-state index in [2.05, 4.69) is 20.7 Å². The Hall–Kier alpha value is -3.36. The van der Waals surface area contributed by atoms with Crippen LogP contribution in [0.4, 0.5) is 29.3 Å². The highest BCUT2D eigenvalue weighted by molar-refractivity contribution is 7.18. The van der Waals surface area contributed by atoms with Crippen molar-refractivity contribution in [3.63, 3.8) is 0 Å². The Kier molecular flexibility index (Phi) is 9.50. The number of halogens is 4. The van der Waals surface area contributed by atoms with E-state index in [1.165, 1.54) is 29.2 Å². The molecule has 1 atom stereocenters. The minimum atomic E-state index is -2.92. The van der Waals surface area contributed by atoms with Crippen LogP contribution >= 0.6 is 22.9 Å². The smallest absolute Gasteiger partial charge is 0.408 e. The van der Waals surface area contributed by atoms with Gasteiger partial charge in [0.1, 0.15) is 18.5 Å². The van der Waals surface area contributed by atoms with Gasteiger partial charge in [-0.05, 0) is 30.3 Å². The predicted molar refractivity (Wildman–Crippen MR) is 124 cm³/mol. The number of hydrogen-bond donors (Lipinski definition) is 3. The van der Waals surface area contributed by atoms with Crippen molar-refractivity contribution < 1.29 is 41.8 Å². The van der Waals surface area contributed by atoms with Crippen LogP contribution in [0.2, 0.25) is 4.34 Å². The van der Waals surface area contributed by atoms with Gasteiger partial charge in [-0.3, -0.25) is 14.4 Å². The number of nitrogens with one attached hydrogen (secondary N) is 3. The zero-order chi connectivity index (χ0) is 26.2. The Labute approximate surface area is 211 Å². The molecule has 0 aliphatic carbocycles. The fourth-order valence-corrected chi connectivity index (χ4v) is 4.02. The molecular weight excluding hydrogens is 529 g/mol. The Morgan fingerprint density at radius 2 is 2.00 bits per heavy atom. The molecule has 194 valence electrons. The summed E-state index contributed by atoms with van der Waals surface area (Å²) in [6.45, 7) is -1.44. The maximum atomic E-state index is 14.7. The van der Waals surface area contributed by atoms with Crippen molar-refractivity contribution in [2.75, 3.05) is 43.1 Å². The van der Waals surface area contributed by atoms with E-state index in [0.717, 1.165) is 17.4 Å². The molecule has 36 heavy (non-hydrogen) atoms. The molecule has 2 aromatic rings. The lowest BCUT2D eigenvalue weighted by Crippen LogP contribution is -2.50. The number of carbonyl (C=O) groups is 4. The molecule has 15 heteroatoms. The summed E-state index contributed by atoms with van der Waals surface area (Å²) in [4.78, 5) is 50.3. The van der Waals surface area contributed by atoms with E-state index in [1.54, 1.807) is 0 Å². The van der Waals surface area contributed by atoms with Crippen molar-refractivity contribution in [3.8, 4) is 0 Å². The standard InChI is InChI=1S/C21H20ClF3N4O6S/c22-16-4-3-15(36-16)20(32)26-8-13(28-21(33)35-9-17(24)25)19(31)27-11-1-2-14(12(23)7-11)29-5-6-34-10-18(29)30/h1-4,7,13,17H,5-6,8-10H2,(H,26,32)(H,27,31)(H,28,33)/t13-/m0/s1. The zero-order valence-corrected chi connectivity index (χ0v) is 20.0. The minimum Gasteiger partial charge on any atom is -0.443 e. The monoisotopic (exact) mass is 548 g/mol. The molecule has 4 amide bonds. The lowest BCUT2D eigenvalue weighted by molar-refractivity contribution is -0.125. The van der Waals surface area contributed by atoms with Gasteiger partial charge in [-0.15, -0.1) is 11.3 Å². The van der Waals surface area contributed by atoms with Crippen molar-refractivity contribution >= 4 is 58.1 Å². The number of thiophene rings is 1. The molecule has 0 spiro atoms. The van der Waals surface area contributed by atoms with Gasteiger partial charge in [0, 0.05) is 18.8 Å². The first kappa shape index (κ1) is 27.2. The highest BCUT2D eigenvalue weighted by Crippen LogP contribution is 2.24. The molecule has 1 aromatic carbocycles. The fraction of sp³-hybridized carbons (Fsp3) is 0.333. The van der Waals surface area contributed by atoms with Crippen LogP contribution in [0.15, 0.2) is 30.3 Å². The third-order valence-corrected chi connectivity index (χ3v) is 5.93. The molecule has 1 aliphatic heterocycles. The number of nitrogens with zero attached hydrogens (tertiary/aromatic N) is 1. The summed E-state index contributed by atoms with van der Waals surface area (Å²) in [5.74, 6) is -2.72. The number of hydrogen-bond acceptors (Lipinski definition) is 7. The molecule has 3 rings (SSSR count). The van der Waals surface area contributed by atoms with Crippen molar-refractivity contribution in [2.45, 2.75) is 12.5 Å². The number of alkyl carbamates (subject to hydrolysis) is 1. The molecule has 1 aromatic heterocycles. The van der Waals surface area contributed by atoms with E-state index >= 15 is 0 Å². The van der Waals surface area contributed by atoms with Crippen molar-refractivity contribution in [2.24, 2.45) is 0 Å². The van der Waals surface area contributed by atoms with Gasteiger partial charge in [-0.2, -0.15) is 0 Å². The van der Waals surface area contributed by atoms with E-state index < -0.39 is 55.3 Å². The van der Waals surface area contributed by atoms with Crippen LogP contribution in [-0.2, 0) is 19.1 Å². The molecule has 0 unspecified atom stereocenters. The molecule has 1 saturated heterocycles. The van der Waals surface area contributed by atoms with Crippen LogP contribution in [0.5, 0.6) is 0 Å². The first-order valence-corrected chi connectivity index (χ1v) is 11.6. The van der Waals surface area contributed by atoms with Crippen LogP contribution in [0, 0.1) is 5.82 Å². The third kappa shape index (κ3) is 7.57. The zero-order valence-electron chi connectivity index (χ0n) is 18.4. The van der Waals surface area contributed by atoms with Gasteiger partial charge in [-0.25, -0.2) is 18.0 Å². The second-order valence-electron chi connectivity index (χ2n) is 7.25. The van der Waals surface area contributed by atoms with Gasteiger partial charge in [0.2, 0.25) is 5.91 Å². The van der Waals surface area contributed by atoms with Gasteiger partial charge < -0.3 is 30.3 Å². The van der Waals surface area contributed by atoms with Crippen LogP contribution in [0.25, 0.3) is 0 Å². The van der Waals surface area contributed by atoms with Crippen LogP contribution in [-0.4, -0.2) is 69.2 Å². The number of benzene rings is 1. The molecule has 3 N–H and O–H groups in total. The predicted octanol–water partition coefficient (Wildman–Crippen LogP) is 2.63. The van der Waals surface area contributed by atoms with E-state index in [0.29, 0.717) is 4.34 Å². The number of alkyl halides is 2. The number of carbonyl (C=O) groups excluding carboxylic acids is 4. The van der Waals surface area contributed by atoms with E-state index in [9.17, 15) is 32.3 Å². The van der Waals surface area contributed by atoms with Gasteiger partial charge in [0.15, 0.2) is 6.61 Å². The van der Waals surface area contributed by atoms with Gasteiger partial charge in [-0.1, -0.05) is 11.6 Å². The van der Waals surface area contributed by atoms with Crippen LogP contribution in [0.3, 0.4) is 0 Å². The van der Waals surface area contributed by atoms with Gasteiger partial charge >= 0.3 is 6.09 Å². The van der Waals surface area contributed by atoms with E-state index in [1.807, 2.05) is 0 Å². The third-order valence-electron chi connectivity index (χ3n) is 4.70. The summed E-state index contributed by atoms with van der Waals surface area (Å²) >= 11 is 6.78. The first-order valence-electron chi connectivity index (χ1n) is 10.4. The summed E-state index contributed by atoms with van der Waals surface area (Å²) < 4.78 is 49.0. The first-order chi connectivity index (χ1) is 17.1. The summed E-state index contributed by atoms with van der Waals surface area (Å²) in [6.07, 6.45) is -4.25. The second kappa shape index (κ2) is 12.6. The molecule has 2 heterocycles. The maximum absolute atomic E-state index is 14.7. The van der Waals surface area contributed by atoms with E-state index in [-0.39, 0.29) is 36.0 Å². The Morgan fingerprint density at radius 3 is 2.64 bits per heavy atom. The molecule has 0 saturated carbocycles. The summed E-state index contributed by atoms with van der Waals surface area (Å²) in [5.41, 5.74) is -0.0282. The normalized spacial score (nSPS) is 14.4. The topological polar surface area (TPSA) is 126 Å². The lowest BCUT2D eigenvalue weighted by atomic mass is 10.2. The number of anilines is 2. The molecule has 1 fully saturated rings. The SMILES string of the molecule is O=C(N[C@@H](CNC(=O)c1ccc(Cl)s1)C(=O)Nc1ccc(N2CCOCC2=O)c(F)c1)OCC(F)F. The van der Waals surface area contributed by atoms with Crippen molar-refractivity contribution in [1.82, 2.24) is 10.6 Å². The fourth-order valence-electron chi connectivity index (χ4n) is 3.06. The summed E-state index contributed by atoms with van der Waals surface area (Å²) in [7, 11) is 0. The Bertz CT molecular complexity index is 1130. The Balaban J connectivity index is 1.69. The number of morpholine rings is 1. The number of ether oxygens (including phenoxy) is 2. The molecule has 0 radical (unpaired) electrons. The van der Waals surface area contributed by atoms with Crippen LogP contribution in [0.1, 0.15) is 9.67 Å². The molecule has 1 aliphatic rings. The number of amides is 4. The molecule has 0 bridgehead atoms. The van der Waals surface area contributed by atoms with Crippen LogP contribution < -0.4 is 20.9 Å². The van der Waals surface area contributed by atoms with Crippen molar-refractivity contribution in [3.05, 3.63) is 45.4 Å². The second-order valence-corrected chi connectivity index (χ2v) is 8.97. The quantitative estimate of drug-likeness (QED) is 0.442. The molecule has 10 nitrogen and oxygen atoms in total. The Morgan fingerprint density at radius 1 is 1.22 bits per heavy atom. The lowest BCUT2D eigenvalue weighted by Gasteiger charge is -2.27. The average molecular weight is 549 g/mol. The summed E-state index contributed by atoms with van der Waals surface area (Å²) in [6, 6.07) is 5.05. The van der Waals surface area contributed by atoms with E-state index in [4.69, 9.17) is 16.3 Å². The summed E-state index contributed by atoms with van der Waals surface area (Å²) in [5, 5.41) is 6.87. The number of rotatable bonds is 9.